The summed E-state index contributed by atoms with van der Waals surface area (Å²) in [5.74, 6) is 0.187. The predicted octanol–water partition coefficient (Wildman–Crippen LogP) is 4.19. The van der Waals surface area contributed by atoms with Gasteiger partial charge in [0, 0.05) is 8.95 Å². The molecule has 0 saturated carbocycles. The number of halogens is 6. The summed E-state index contributed by atoms with van der Waals surface area (Å²) in [5, 5.41) is 0. The Kier molecular flexibility index (Phi) is 10.8. The topological polar surface area (TPSA) is 58.6 Å². The maximum absolute atomic E-state index is 12.2. The Morgan fingerprint density at radius 2 is 0.958 bits per heavy atom. The molecule has 0 aliphatic rings. The molecular weight excluding hydrogens is 758 g/mol. The minimum Gasteiger partial charge on any atom is -0.736 e. The summed E-state index contributed by atoms with van der Waals surface area (Å²) in [6.07, 6.45) is 0. The molecule has 12 heteroatoms. The zero-order valence-electron chi connectivity index (χ0n) is 11.7. The van der Waals surface area contributed by atoms with E-state index in [0.29, 0.717) is 17.9 Å². The fourth-order valence-electron chi connectivity index (χ4n) is 1.47. The average Bonchev–Trinajstić information content (AvgIpc) is 2.38. The summed E-state index contributed by atoms with van der Waals surface area (Å²) in [4.78, 5) is 12.2. The number of hydrogen-bond acceptors (Lipinski definition) is 4. The van der Waals surface area contributed by atoms with Gasteiger partial charge in [0.05, 0.1) is 17.9 Å². The van der Waals surface area contributed by atoms with Crippen molar-refractivity contribution in [3.05, 3.63) is 51.1 Å². The third-order valence-electron chi connectivity index (χ3n) is 2.33. The maximum atomic E-state index is 12.2. The Morgan fingerprint density at radius 1 is 0.708 bits per heavy atom. The van der Waals surface area contributed by atoms with Crippen LogP contribution in [0.4, 0.5) is 0 Å². The van der Waals surface area contributed by atoms with Crippen molar-refractivity contribution in [3.63, 3.8) is 0 Å². The van der Waals surface area contributed by atoms with E-state index in [9.17, 15) is 9.46 Å². The molecule has 0 aromatic heterocycles. The molecule has 0 N–H and O–H groups in total. The van der Waals surface area contributed by atoms with E-state index in [1.54, 1.807) is 24.3 Å². The van der Waals surface area contributed by atoms with Gasteiger partial charge in [-0.25, -0.2) is 4.57 Å². The van der Waals surface area contributed by atoms with Crippen molar-refractivity contribution in [1.29, 1.82) is 0 Å². The van der Waals surface area contributed by atoms with Crippen molar-refractivity contribution in [2.24, 2.45) is 0 Å². The molecule has 0 aliphatic heterocycles. The Bertz CT molecular complexity index is 709. The van der Waals surface area contributed by atoms with E-state index in [2.05, 4.69) is 95.6 Å². The largest absolute Gasteiger partial charge is 1.00 e. The Balaban J connectivity index is 0.00000288. The van der Waals surface area contributed by atoms with Gasteiger partial charge in [0.1, 0.15) is 0 Å². The Labute approximate surface area is 231 Å². The summed E-state index contributed by atoms with van der Waals surface area (Å²) in [6.45, 7) is 0. The second-order valence-electron chi connectivity index (χ2n) is 4.03. The first-order chi connectivity index (χ1) is 10.6. The third-order valence-corrected chi connectivity index (χ3v) is 6.42. The molecule has 0 fully saturated rings. The molecule has 0 atom stereocenters. The monoisotopic (exact) mass is 755 g/mol. The van der Waals surface area contributed by atoms with E-state index in [1.165, 1.54) is 0 Å². The van der Waals surface area contributed by atoms with Crippen LogP contribution in [0.3, 0.4) is 0 Å². The third kappa shape index (κ3) is 6.97. The molecule has 0 spiro atoms. The zero-order valence-corrected chi connectivity index (χ0v) is 25.2. The summed E-state index contributed by atoms with van der Waals surface area (Å²) >= 11 is 19.6. The molecule has 0 amide bonds. The molecular formula is C12H4Br6KO4P. The van der Waals surface area contributed by atoms with Crippen molar-refractivity contribution in [1.82, 2.24) is 0 Å². The van der Waals surface area contributed by atoms with Crippen LogP contribution in [0.2, 0.25) is 0 Å². The molecule has 24 heavy (non-hydrogen) atoms. The second-order valence-corrected chi connectivity index (χ2v) is 10.5. The SMILES string of the molecule is O=P([O-])(Oc1c(Br)cc(Br)cc1Br)Oc1c(Br)cc(Br)cc1Br.[K+]. The molecule has 0 heterocycles. The molecule has 4 nitrogen and oxygen atoms in total. The van der Waals surface area contributed by atoms with Crippen LogP contribution >= 0.6 is 103 Å². The molecule has 2 aromatic carbocycles. The van der Waals surface area contributed by atoms with Crippen LogP contribution in [0.1, 0.15) is 0 Å². The molecule has 0 saturated heterocycles. The van der Waals surface area contributed by atoms with E-state index in [0.717, 1.165) is 8.95 Å². The van der Waals surface area contributed by atoms with Gasteiger partial charge in [-0.3, -0.25) is 0 Å². The van der Waals surface area contributed by atoms with Crippen LogP contribution in [0.25, 0.3) is 0 Å². The summed E-state index contributed by atoms with van der Waals surface area (Å²) in [5.41, 5.74) is 0. The minimum atomic E-state index is -4.67. The van der Waals surface area contributed by atoms with Gasteiger partial charge in [0.15, 0.2) is 11.5 Å². The Hall–Kier alpha value is 2.75. The van der Waals surface area contributed by atoms with E-state index >= 15 is 0 Å². The first-order valence-electron chi connectivity index (χ1n) is 5.58. The summed E-state index contributed by atoms with van der Waals surface area (Å²) < 4.78 is 25.7. The van der Waals surface area contributed by atoms with Crippen LogP contribution in [-0.2, 0) is 4.57 Å². The van der Waals surface area contributed by atoms with Crippen molar-refractivity contribution < 1.29 is 69.9 Å². The summed E-state index contributed by atoms with van der Waals surface area (Å²) in [6, 6.07) is 6.63. The zero-order chi connectivity index (χ0) is 17.4. The van der Waals surface area contributed by atoms with Crippen LogP contribution in [0.5, 0.6) is 11.5 Å². The fraction of sp³-hybridized carbons (Fsp3) is 0. The fourth-order valence-corrected chi connectivity index (χ4v) is 7.69. The van der Waals surface area contributed by atoms with E-state index < -0.39 is 7.82 Å². The van der Waals surface area contributed by atoms with Gasteiger partial charge in [-0.2, -0.15) is 0 Å². The minimum absolute atomic E-state index is 0. The van der Waals surface area contributed by atoms with E-state index in [4.69, 9.17) is 9.05 Å². The van der Waals surface area contributed by atoms with Crippen molar-refractivity contribution in [2.75, 3.05) is 0 Å². The van der Waals surface area contributed by atoms with Crippen LogP contribution in [-0.4, -0.2) is 0 Å². The second kappa shape index (κ2) is 10.5. The van der Waals surface area contributed by atoms with Gasteiger partial charge in [-0.1, -0.05) is 31.9 Å². The van der Waals surface area contributed by atoms with Gasteiger partial charge in [0.25, 0.3) is 0 Å². The number of phosphoric ester groups is 1. The molecule has 0 unspecified atom stereocenters. The van der Waals surface area contributed by atoms with Crippen molar-refractivity contribution >= 4 is 103 Å². The Morgan fingerprint density at radius 3 is 1.21 bits per heavy atom. The van der Waals surface area contributed by atoms with Gasteiger partial charge < -0.3 is 13.9 Å². The van der Waals surface area contributed by atoms with Crippen molar-refractivity contribution in [3.8, 4) is 11.5 Å². The standard InChI is InChI=1S/C12H5Br6O4P.K/c13-5-1-7(15)11(8(16)2-5)21-23(19,20)22-12-9(17)3-6(14)4-10(12)18;/h1-4H,(H,19,20);/q;+1/p-1. The summed E-state index contributed by atoms with van der Waals surface area (Å²) in [7, 11) is -4.67. The van der Waals surface area contributed by atoms with Crippen LogP contribution in [0, 0.1) is 0 Å². The smallest absolute Gasteiger partial charge is 0.736 e. The van der Waals surface area contributed by atoms with Gasteiger partial charge in [0.2, 0.25) is 0 Å². The molecule has 2 aromatic rings. The quantitative estimate of drug-likeness (QED) is 0.347. The molecule has 0 radical (unpaired) electrons. The molecule has 2 rings (SSSR count). The van der Waals surface area contributed by atoms with Crippen molar-refractivity contribution in [2.45, 2.75) is 0 Å². The van der Waals surface area contributed by atoms with Crippen LogP contribution < -0.4 is 65.3 Å². The predicted molar refractivity (Wildman–Crippen MR) is 108 cm³/mol. The normalized spacial score (nSPS) is 11.0. The molecule has 0 aliphatic carbocycles. The average molecular weight is 762 g/mol. The van der Waals surface area contributed by atoms with Gasteiger partial charge >= 0.3 is 59.2 Å². The number of hydrogen-bond donors (Lipinski definition) is 0. The molecule has 0 bridgehead atoms. The van der Waals surface area contributed by atoms with E-state index in [-0.39, 0.29) is 62.9 Å². The van der Waals surface area contributed by atoms with E-state index in [1.807, 2.05) is 0 Å². The number of benzene rings is 2. The number of rotatable bonds is 4. The molecule has 124 valence electrons. The van der Waals surface area contributed by atoms with Gasteiger partial charge in [-0.05, 0) is 88.0 Å². The first kappa shape index (κ1) is 24.8. The maximum Gasteiger partial charge on any atom is 1.00 e. The number of phosphoric acid groups is 1. The van der Waals surface area contributed by atoms with Crippen LogP contribution in [0.15, 0.2) is 51.1 Å². The van der Waals surface area contributed by atoms with Gasteiger partial charge in [-0.15, -0.1) is 0 Å². The first-order valence-corrected chi connectivity index (χ1v) is 11.8.